The molecule has 0 spiro atoms. The highest BCUT2D eigenvalue weighted by Crippen LogP contribution is 2.29. The minimum absolute atomic E-state index is 0.0197. The number of benzene rings is 2. The Morgan fingerprint density at radius 1 is 1.04 bits per heavy atom. The van der Waals surface area contributed by atoms with Gasteiger partial charge >= 0.3 is 0 Å². The molecule has 3 rings (SSSR count). The maximum atomic E-state index is 13.4. The second kappa shape index (κ2) is 8.39. The third-order valence-electron chi connectivity index (χ3n) is 4.15. The number of hydrogen-bond acceptors (Lipinski definition) is 4. The molecular formula is C21H19FN2O4. The number of nitrogens with one attached hydrogen (secondary N) is 1. The summed E-state index contributed by atoms with van der Waals surface area (Å²) in [6, 6.07) is 13.9. The molecule has 6 nitrogen and oxygen atoms in total. The number of aromatic nitrogens is 1. The molecular weight excluding hydrogens is 363 g/mol. The molecule has 0 fully saturated rings. The fourth-order valence-corrected chi connectivity index (χ4v) is 2.78. The normalized spacial score (nSPS) is 10.4. The molecule has 0 radical (unpaired) electrons. The zero-order valence-corrected chi connectivity index (χ0v) is 15.4. The van der Waals surface area contributed by atoms with Crippen molar-refractivity contribution in [2.75, 3.05) is 19.5 Å². The Morgan fingerprint density at radius 3 is 2.54 bits per heavy atom. The smallest absolute Gasteiger partial charge is 0.263 e. The largest absolute Gasteiger partial charge is 0.493 e. The van der Waals surface area contributed by atoms with Crippen LogP contribution in [-0.4, -0.2) is 24.7 Å². The Balaban J connectivity index is 1.84. The van der Waals surface area contributed by atoms with Crippen molar-refractivity contribution in [1.29, 1.82) is 0 Å². The maximum absolute atomic E-state index is 13.4. The number of nitrogens with zero attached hydrogens (tertiary/aromatic N) is 1. The number of rotatable bonds is 6. The summed E-state index contributed by atoms with van der Waals surface area (Å²) in [6.45, 7) is 0.161. The van der Waals surface area contributed by atoms with Crippen LogP contribution in [0.1, 0.15) is 15.9 Å². The van der Waals surface area contributed by atoms with Gasteiger partial charge in [0.25, 0.3) is 11.5 Å². The number of hydrogen-bond donors (Lipinski definition) is 1. The van der Waals surface area contributed by atoms with Crippen LogP contribution in [0.5, 0.6) is 11.5 Å². The van der Waals surface area contributed by atoms with E-state index in [0.717, 1.165) is 0 Å². The Morgan fingerprint density at radius 2 is 1.82 bits per heavy atom. The molecule has 0 aliphatic carbocycles. The molecule has 0 atom stereocenters. The Labute approximate surface area is 161 Å². The molecule has 28 heavy (non-hydrogen) atoms. The van der Waals surface area contributed by atoms with E-state index in [4.69, 9.17) is 9.47 Å². The van der Waals surface area contributed by atoms with Crippen molar-refractivity contribution in [2.24, 2.45) is 0 Å². The van der Waals surface area contributed by atoms with Crippen LogP contribution >= 0.6 is 0 Å². The first-order chi connectivity index (χ1) is 13.5. The molecule has 1 aromatic heterocycles. The number of carbonyl (C=O) groups excluding carboxylic acids is 1. The molecule has 7 heteroatoms. The summed E-state index contributed by atoms with van der Waals surface area (Å²) in [6.07, 6.45) is 1.56. The van der Waals surface area contributed by atoms with E-state index in [2.05, 4.69) is 5.32 Å². The van der Waals surface area contributed by atoms with Gasteiger partial charge in [-0.3, -0.25) is 9.59 Å². The van der Waals surface area contributed by atoms with Crippen LogP contribution < -0.4 is 20.3 Å². The van der Waals surface area contributed by atoms with Gasteiger partial charge in [0.1, 0.15) is 11.4 Å². The number of carbonyl (C=O) groups is 1. The zero-order valence-electron chi connectivity index (χ0n) is 15.4. The fourth-order valence-electron chi connectivity index (χ4n) is 2.78. The summed E-state index contributed by atoms with van der Waals surface area (Å²) in [5.41, 5.74) is 0.598. The first-order valence-electron chi connectivity index (χ1n) is 8.49. The van der Waals surface area contributed by atoms with Crippen molar-refractivity contribution in [3.63, 3.8) is 0 Å². The summed E-state index contributed by atoms with van der Waals surface area (Å²) in [5, 5.41) is 2.68. The standard InChI is InChI=1S/C21H19FN2O4/c1-27-18-9-8-16(12-19(18)28-2)23-20(25)17-7-4-10-24(21(17)26)13-14-5-3-6-15(22)11-14/h3-12H,13H2,1-2H3,(H,23,25). The SMILES string of the molecule is COc1ccc(NC(=O)c2cccn(Cc3cccc(F)c3)c2=O)cc1OC. The van der Waals surface area contributed by atoms with Crippen LogP contribution in [-0.2, 0) is 6.54 Å². The van der Waals surface area contributed by atoms with Gasteiger partial charge in [0, 0.05) is 18.0 Å². The number of amides is 1. The van der Waals surface area contributed by atoms with Gasteiger partial charge in [-0.1, -0.05) is 12.1 Å². The van der Waals surface area contributed by atoms with E-state index in [1.807, 2.05) is 0 Å². The van der Waals surface area contributed by atoms with E-state index in [1.165, 1.54) is 37.0 Å². The van der Waals surface area contributed by atoms with E-state index >= 15 is 0 Å². The number of methoxy groups -OCH3 is 2. The number of pyridine rings is 1. The zero-order chi connectivity index (χ0) is 20.1. The predicted molar refractivity (Wildman–Crippen MR) is 104 cm³/mol. The van der Waals surface area contributed by atoms with Gasteiger partial charge in [0.15, 0.2) is 11.5 Å². The van der Waals surface area contributed by atoms with E-state index in [-0.39, 0.29) is 17.9 Å². The van der Waals surface area contributed by atoms with Crippen molar-refractivity contribution < 1.29 is 18.7 Å². The van der Waals surface area contributed by atoms with Crippen LogP contribution in [0.2, 0.25) is 0 Å². The summed E-state index contributed by atoms with van der Waals surface area (Å²) in [7, 11) is 3.01. The molecule has 2 aromatic carbocycles. The molecule has 0 aliphatic heterocycles. The van der Waals surface area contributed by atoms with Gasteiger partial charge in [-0.15, -0.1) is 0 Å². The van der Waals surface area contributed by atoms with Gasteiger partial charge in [-0.2, -0.15) is 0 Å². The van der Waals surface area contributed by atoms with Gasteiger partial charge in [-0.25, -0.2) is 4.39 Å². The third kappa shape index (κ3) is 4.20. The second-order valence-corrected chi connectivity index (χ2v) is 6.01. The van der Waals surface area contributed by atoms with Crippen molar-refractivity contribution in [3.05, 3.63) is 88.1 Å². The highest BCUT2D eigenvalue weighted by molar-refractivity contribution is 6.04. The number of halogens is 1. The van der Waals surface area contributed by atoms with Crippen molar-refractivity contribution in [3.8, 4) is 11.5 Å². The molecule has 1 amide bonds. The third-order valence-corrected chi connectivity index (χ3v) is 4.15. The molecule has 0 saturated carbocycles. The van der Waals surface area contributed by atoms with Crippen LogP contribution in [0, 0.1) is 5.82 Å². The fraction of sp³-hybridized carbons (Fsp3) is 0.143. The van der Waals surface area contributed by atoms with Gasteiger partial charge in [0.2, 0.25) is 0 Å². The topological polar surface area (TPSA) is 69.6 Å². The lowest BCUT2D eigenvalue weighted by Gasteiger charge is -2.11. The molecule has 0 saturated heterocycles. The minimum Gasteiger partial charge on any atom is -0.493 e. The van der Waals surface area contributed by atoms with Crippen molar-refractivity contribution in [1.82, 2.24) is 4.57 Å². The number of anilines is 1. The molecule has 0 bridgehead atoms. The monoisotopic (exact) mass is 382 g/mol. The van der Waals surface area contributed by atoms with Crippen molar-refractivity contribution in [2.45, 2.75) is 6.54 Å². The molecule has 3 aromatic rings. The van der Waals surface area contributed by atoms with Gasteiger partial charge in [-0.05, 0) is 42.0 Å². The Kier molecular flexibility index (Phi) is 5.74. The van der Waals surface area contributed by atoms with E-state index in [9.17, 15) is 14.0 Å². The molecule has 1 N–H and O–H groups in total. The molecule has 0 aliphatic rings. The summed E-state index contributed by atoms with van der Waals surface area (Å²) < 4.78 is 25.1. The molecule has 1 heterocycles. The Hall–Kier alpha value is -3.61. The summed E-state index contributed by atoms with van der Waals surface area (Å²) in [4.78, 5) is 25.3. The lowest BCUT2D eigenvalue weighted by atomic mass is 10.2. The highest BCUT2D eigenvalue weighted by Gasteiger charge is 2.14. The Bertz CT molecular complexity index is 1060. The predicted octanol–water partition coefficient (Wildman–Crippen LogP) is 3.31. The van der Waals surface area contributed by atoms with Gasteiger partial charge < -0.3 is 19.4 Å². The first kappa shape index (κ1) is 19.2. The van der Waals surface area contributed by atoms with Crippen LogP contribution in [0.25, 0.3) is 0 Å². The minimum atomic E-state index is -0.550. The summed E-state index contributed by atoms with van der Waals surface area (Å²) >= 11 is 0. The summed E-state index contributed by atoms with van der Waals surface area (Å²) in [5.74, 6) is 0.0493. The highest BCUT2D eigenvalue weighted by atomic mass is 19.1. The van der Waals surface area contributed by atoms with Crippen LogP contribution in [0.15, 0.2) is 65.6 Å². The number of ether oxygens (including phenoxy) is 2. The van der Waals surface area contributed by atoms with Gasteiger partial charge in [0.05, 0.1) is 20.8 Å². The molecule has 144 valence electrons. The maximum Gasteiger partial charge on any atom is 0.263 e. The quantitative estimate of drug-likeness (QED) is 0.710. The average molecular weight is 382 g/mol. The van der Waals surface area contributed by atoms with E-state index < -0.39 is 11.5 Å². The average Bonchev–Trinajstić information content (AvgIpc) is 2.69. The lowest BCUT2D eigenvalue weighted by Crippen LogP contribution is -2.29. The van der Waals surface area contributed by atoms with E-state index in [1.54, 1.807) is 42.6 Å². The van der Waals surface area contributed by atoms with Crippen LogP contribution in [0.4, 0.5) is 10.1 Å². The lowest BCUT2D eigenvalue weighted by molar-refractivity contribution is 0.102. The van der Waals surface area contributed by atoms with Crippen LogP contribution in [0.3, 0.4) is 0 Å². The van der Waals surface area contributed by atoms with Crippen molar-refractivity contribution >= 4 is 11.6 Å². The second-order valence-electron chi connectivity index (χ2n) is 6.01. The first-order valence-corrected chi connectivity index (χ1v) is 8.49. The van der Waals surface area contributed by atoms with E-state index in [0.29, 0.717) is 22.7 Å². The molecule has 0 unspecified atom stereocenters.